The largest absolute Gasteiger partial charge is 0.503 e. The van der Waals surface area contributed by atoms with E-state index >= 15 is 0 Å². The van der Waals surface area contributed by atoms with Crippen LogP contribution in [0.5, 0.6) is 5.75 Å². The molecule has 22 heavy (non-hydrogen) atoms. The molecule has 0 bridgehead atoms. The first kappa shape index (κ1) is 16.3. The number of hydrogen-bond acceptors (Lipinski definition) is 6. The molecule has 0 radical (unpaired) electrons. The van der Waals surface area contributed by atoms with Gasteiger partial charge in [0.25, 0.3) is 0 Å². The zero-order valence-electron chi connectivity index (χ0n) is 13.1. The van der Waals surface area contributed by atoms with Crippen molar-refractivity contribution >= 4 is 23.4 Å². The van der Waals surface area contributed by atoms with Crippen LogP contribution in [-0.2, 0) is 14.3 Å². The van der Waals surface area contributed by atoms with Crippen LogP contribution in [-0.4, -0.2) is 33.2 Å². The van der Waals surface area contributed by atoms with Crippen molar-refractivity contribution in [2.45, 2.75) is 6.92 Å². The highest BCUT2D eigenvalue weighted by Gasteiger charge is 2.25. The first-order chi connectivity index (χ1) is 10.6. The third-order valence-electron chi connectivity index (χ3n) is 3.25. The van der Waals surface area contributed by atoms with Crippen LogP contribution in [0.25, 0.3) is 0 Å². The monoisotopic (exact) mass is 321 g/mol. The topological polar surface area (TPSA) is 48.0 Å². The molecule has 118 valence electrons. The molecule has 0 unspecified atom stereocenters. The number of carbonyl (C=O) groups excluding carboxylic acids is 1. The number of ether oxygens (including phenoxy) is 3. The van der Waals surface area contributed by atoms with Gasteiger partial charge in [-0.05, 0) is 18.6 Å². The molecule has 0 saturated carbocycles. The summed E-state index contributed by atoms with van der Waals surface area (Å²) in [6.07, 6.45) is 3.32. The highest BCUT2D eigenvalue weighted by Crippen LogP contribution is 2.40. The second-order valence-electron chi connectivity index (χ2n) is 4.62. The summed E-state index contributed by atoms with van der Waals surface area (Å²) in [6, 6.07) is 5.90. The van der Waals surface area contributed by atoms with E-state index in [2.05, 4.69) is 4.90 Å². The van der Waals surface area contributed by atoms with Crippen molar-refractivity contribution in [3.63, 3.8) is 0 Å². The molecule has 0 atom stereocenters. The average molecular weight is 321 g/mol. The molecule has 1 aromatic carbocycles. The predicted molar refractivity (Wildman–Crippen MR) is 87.9 cm³/mol. The number of aryl methyl sites for hydroxylation is 1. The third-order valence-corrected chi connectivity index (χ3v) is 4.29. The van der Waals surface area contributed by atoms with Gasteiger partial charge < -0.3 is 19.1 Å². The Morgan fingerprint density at radius 3 is 2.73 bits per heavy atom. The van der Waals surface area contributed by atoms with Gasteiger partial charge in [0, 0.05) is 11.1 Å². The van der Waals surface area contributed by atoms with Crippen molar-refractivity contribution in [1.82, 2.24) is 0 Å². The fourth-order valence-electron chi connectivity index (χ4n) is 2.23. The van der Waals surface area contributed by atoms with Crippen LogP contribution in [0.4, 0.5) is 5.69 Å². The lowest BCUT2D eigenvalue weighted by Crippen LogP contribution is -2.13. The molecule has 1 heterocycles. The standard InChI is InChI=1S/C16H19NO4S/c1-11-6-5-7-13(20-3)15(11)17-8-14(22-10-17)12(9-19-2)16(18)21-4/h5-9H,10H2,1-4H3. The van der Waals surface area contributed by atoms with E-state index in [0.29, 0.717) is 11.4 Å². The molecule has 0 aliphatic carbocycles. The molecule has 1 aromatic rings. The zero-order chi connectivity index (χ0) is 16.1. The zero-order valence-corrected chi connectivity index (χ0v) is 13.9. The number of anilines is 1. The van der Waals surface area contributed by atoms with Crippen LogP contribution in [0.1, 0.15) is 5.56 Å². The number of rotatable bonds is 5. The summed E-state index contributed by atoms with van der Waals surface area (Å²) in [5.41, 5.74) is 2.51. The second kappa shape index (κ2) is 7.26. The number of benzene rings is 1. The number of methoxy groups -OCH3 is 3. The maximum Gasteiger partial charge on any atom is 0.342 e. The molecule has 1 aliphatic rings. The van der Waals surface area contributed by atoms with Gasteiger partial charge in [-0.15, -0.1) is 11.8 Å². The molecule has 0 aromatic heterocycles. The van der Waals surface area contributed by atoms with Crippen LogP contribution >= 0.6 is 11.8 Å². The highest BCUT2D eigenvalue weighted by atomic mass is 32.2. The first-order valence-electron chi connectivity index (χ1n) is 6.69. The van der Waals surface area contributed by atoms with Crippen LogP contribution < -0.4 is 9.64 Å². The Labute approximate surface area is 134 Å². The molecule has 2 rings (SSSR count). The summed E-state index contributed by atoms with van der Waals surface area (Å²) < 4.78 is 15.2. The smallest absolute Gasteiger partial charge is 0.342 e. The van der Waals surface area contributed by atoms with Gasteiger partial charge in [-0.25, -0.2) is 4.79 Å². The summed E-state index contributed by atoms with van der Waals surface area (Å²) >= 11 is 1.55. The van der Waals surface area contributed by atoms with Gasteiger partial charge in [0.05, 0.1) is 39.2 Å². The lowest BCUT2D eigenvalue weighted by atomic mass is 10.1. The Hall–Kier alpha value is -2.08. The highest BCUT2D eigenvalue weighted by molar-refractivity contribution is 8.03. The number of para-hydroxylation sites is 1. The minimum Gasteiger partial charge on any atom is -0.503 e. The number of nitrogens with zero attached hydrogens (tertiary/aromatic N) is 1. The second-order valence-corrected chi connectivity index (χ2v) is 5.61. The van der Waals surface area contributed by atoms with E-state index in [1.54, 1.807) is 18.9 Å². The lowest BCUT2D eigenvalue weighted by Gasteiger charge is -2.20. The molecule has 0 saturated heterocycles. The Bertz CT molecular complexity index is 625. The van der Waals surface area contributed by atoms with E-state index in [1.807, 2.05) is 31.3 Å². The average Bonchev–Trinajstić information content (AvgIpc) is 3.00. The molecule has 0 fully saturated rings. The first-order valence-corrected chi connectivity index (χ1v) is 7.67. The van der Waals surface area contributed by atoms with Crippen LogP contribution in [0.3, 0.4) is 0 Å². The van der Waals surface area contributed by atoms with Gasteiger partial charge in [0.1, 0.15) is 11.3 Å². The van der Waals surface area contributed by atoms with Gasteiger partial charge in [0.2, 0.25) is 0 Å². The minimum absolute atomic E-state index is 0.407. The fourth-order valence-corrected chi connectivity index (χ4v) is 3.20. The van der Waals surface area contributed by atoms with Crippen molar-refractivity contribution in [3.8, 4) is 5.75 Å². The van der Waals surface area contributed by atoms with Gasteiger partial charge in [-0.2, -0.15) is 0 Å². The maximum atomic E-state index is 11.9. The Kier molecular flexibility index (Phi) is 5.38. The van der Waals surface area contributed by atoms with Crippen LogP contribution in [0.15, 0.2) is 41.1 Å². The molecule has 5 nitrogen and oxygen atoms in total. The molecule has 0 amide bonds. The van der Waals surface area contributed by atoms with Crippen molar-refractivity contribution in [2.24, 2.45) is 0 Å². The van der Waals surface area contributed by atoms with Gasteiger partial charge in [0.15, 0.2) is 0 Å². The lowest BCUT2D eigenvalue weighted by molar-refractivity contribution is -0.135. The van der Waals surface area contributed by atoms with Crippen molar-refractivity contribution < 1.29 is 19.0 Å². The van der Waals surface area contributed by atoms with Crippen molar-refractivity contribution in [1.29, 1.82) is 0 Å². The molecule has 1 aliphatic heterocycles. The molecule has 0 N–H and O–H groups in total. The number of esters is 1. The summed E-state index contributed by atoms with van der Waals surface area (Å²) in [4.78, 5) is 14.7. The number of thioether (sulfide) groups is 1. The van der Waals surface area contributed by atoms with E-state index in [1.165, 1.54) is 20.5 Å². The van der Waals surface area contributed by atoms with E-state index < -0.39 is 5.97 Å². The van der Waals surface area contributed by atoms with Crippen LogP contribution in [0, 0.1) is 6.92 Å². The quantitative estimate of drug-likeness (QED) is 0.472. The Balaban J connectivity index is 2.36. The minimum atomic E-state index is -0.417. The Morgan fingerprint density at radius 1 is 1.32 bits per heavy atom. The molecule has 6 heteroatoms. The maximum absolute atomic E-state index is 11.9. The third kappa shape index (κ3) is 3.22. The summed E-state index contributed by atoms with van der Waals surface area (Å²) in [5.74, 6) is 1.07. The molecule has 0 spiro atoms. The molecular weight excluding hydrogens is 302 g/mol. The van der Waals surface area contributed by atoms with E-state index in [0.717, 1.165) is 21.9 Å². The summed E-state index contributed by atoms with van der Waals surface area (Å²) in [5, 5.41) is 0. The van der Waals surface area contributed by atoms with E-state index in [4.69, 9.17) is 14.2 Å². The van der Waals surface area contributed by atoms with E-state index in [9.17, 15) is 4.79 Å². The molecular formula is C16H19NO4S. The fraction of sp³-hybridized carbons (Fsp3) is 0.312. The summed E-state index contributed by atoms with van der Waals surface area (Å²) in [7, 11) is 4.51. The van der Waals surface area contributed by atoms with Gasteiger partial charge in [-0.1, -0.05) is 12.1 Å². The Morgan fingerprint density at radius 2 is 2.09 bits per heavy atom. The van der Waals surface area contributed by atoms with Gasteiger partial charge in [-0.3, -0.25) is 0 Å². The number of hydrogen-bond donors (Lipinski definition) is 0. The van der Waals surface area contributed by atoms with Crippen molar-refractivity contribution in [3.05, 3.63) is 46.7 Å². The van der Waals surface area contributed by atoms with Crippen molar-refractivity contribution in [2.75, 3.05) is 32.1 Å². The number of carbonyl (C=O) groups is 1. The SMILES string of the molecule is COC=C(C(=O)OC)C1=CN(c2c(C)cccc2OC)CS1. The van der Waals surface area contributed by atoms with Crippen LogP contribution in [0.2, 0.25) is 0 Å². The van der Waals surface area contributed by atoms with E-state index in [-0.39, 0.29) is 0 Å². The van der Waals surface area contributed by atoms with Gasteiger partial charge >= 0.3 is 5.97 Å². The normalized spacial score (nSPS) is 14.6. The summed E-state index contributed by atoms with van der Waals surface area (Å²) in [6.45, 7) is 2.03. The predicted octanol–water partition coefficient (Wildman–Crippen LogP) is 3.06.